The van der Waals surface area contributed by atoms with Crippen molar-refractivity contribution in [2.45, 2.75) is 6.92 Å². The second-order valence-electron chi connectivity index (χ2n) is 1.78. The first kappa shape index (κ1) is 11.8. The SMILES string of the molecule is C=N\C(Cl)=C/N=C(C)/C(F)=C/I. The Morgan fingerprint density at radius 2 is 2.25 bits per heavy atom. The smallest absolute Gasteiger partial charge is 0.150 e. The lowest BCUT2D eigenvalue weighted by molar-refractivity contribution is 0.684. The highest BCUT2D eigenvalue weighted by Gasteiger charge is 1.96. The molecule has 0 heterocycles. The molecule has 0 aliphatic carbocycles. The predicted molar refractivity (Wildman–Crippen MR) is 59.8 cm³/mol. The molecule has 0 saturated heterocycles. The largest absolute Gasteiger partial charge is 0.255 e. The van der Waals surface area contributed by atoms with Gasteiger partial charge in [-0.25, -0.2) is 4.39 Å². The summed E-state index contributed by atoms with van der Waals surface area (Å²) in [7, 11) is 0. The summed E-state index contributed by atoms with van der Waals surface area (Å²) in [5, 5.41) is 0.135. The third-order valence-electron chi connectivity index (χ3n) is 0.957. The molecule has 0 atom stereocenters. The third-order valence-corrected chi connectivity index (χ3v) is 1.72. The van der Waals surface area contributed by atoms with Gasteiger partial charge in [0.25, 0.3) is 0 Å². The first-order valence-corrected chi connectivity index (χ1v) is 4.57. The van der Waals surface area contributed by atoms with Crippen molar-refractivity contribution in [3.8, 4) is 0 Å². The van der Waals surface area contributed by atoms with Crippen molar-refractivity contribution in [3.63, 3.8) is 0 Å². The fourth-order valence-corrected chi connectivity index (χ4v) is 0.831. The maximum absolute atomic E-state index is 12.7. The molecular formula is C7H7ClFIN2. The Morgan fingerprint density at radius 3 is 2.67 bits per heavy atom. The van der Waals surface area contributed by atoms with E-state index in [1.165, 1.54) is 17.2 Å². The van der Waals surface area contributed by atoms with Crippen LogP contribution >= 0.6 is 34.2 Å². The van der Waals surface area contributed by atoms with Crippen LogP contribution in [0.1, 0.15) is 6.92 Å². The molecule has 66 valence electrons. The van der Waals surface area contributed by atoms with Crippen LogP contribution in [0.5, 0.6) is 0 Å². The zero-order chi connectivity index (χ0) is 9.56. The minimum Gasteiger partial charge on any atom is -0.255 e. The van der Waals surface area contributed by atoms with Crippen LogP contribution in [0.3, 0.4) is 0 Å². The maximum atomic E-state index is 12.7. The fourth-order valence-electron chi connectivity index (χ4n) is 0.332. The Labute approximate surface area is 89.1 Å². The number of aliphatic imine (C=N–C) groups is 2. The highest BCUT2D eigenvalue weighted by Crippen LogP contribution is 2.06. The van der Waals surface area contributed by atoms with Crippen molar-refractivity contribution in [1.82, 2.24) is 0 Å². The van der Waals surface area contributed by atoms with Crippen molar-refractivity contribution < 1.29 is 4.39 Å². The van der Waals surface area contributed by atoms with Gasteiger partial charge in [-0.2, -0.15) is 0 Å². The van der Waals surface area contributed by atoms with E-state index in [-0.39, 0.29) is 16.7 Å². The van der Waals surface area contributed by atoms with Crippen molar-refractivity contribution in [2.75, 3.05) is 0 Å². The number of allylic oxidation sites excluding steroid dienone is 1. The number of hydrogen-bond donors (Lipinski definition) is 0. The van der Waals surface area contributed by atoms with Gasteiger partial charge in [-0.3, -0.25) is 9.98 Å². The zero-order valence-corrected chi connectivity index (χ0v) is 9.30. The van der Waals surface area contributed by atoms with Crippen LogP contribution in [0.2, 0.25) is 0 Å². The summed E-state index contributed by atoms with van der Waals surface area (Å²) in [5.74, 6) is -0.389. The van der Waals surface area contributed by atoms with E-state index < -0.39 is 0 Å². The van der Waals surface area contributed by atoms with Crippen LogP contribution in [0.15, 0.2) is 31.3 Å². The molecule has 0 aromatic carbocycles. The molecule has 0 aromatic rings. The van der Waals surface area contributed by atoms with Gasteiger partial charge in [-0.05, 0) is 36.2 Å². The Kier molecular flexibility index (Phi) is 6.18. The van der Waals surface area contributed by atoms with Gasteiger partial charge in [0.1, 0.15) is 11.0 Å². The van der Waals surface area contributed by atoms with Gasteiger partial charge >= 0.3 is 0 Å². The van der Waals surface area contributed by atoms with E-state index in [2.05, 4.69) is 16.7 Å². The van der Waals surface area contributed by atoms with Gasteiger partial charge in [0.15, 0.2) is 0 Å². The summed E-state index contributed by atoms with van der Waals surface area (Å²) in [6, 6.07) is 0. The van der Waals surface area contributed by atoms with Gasteiger partial charge in [0, 0.05) is 4.08 Å². The van der Waals surface area contributed by atoms with Crippen LogP contribution < -0.4 is 0 Å². The lowest BCUT2D eigenvalue weighted by Gasteiger charge is -1.91. The number of halogens is 3. The fraction of sp³-hybridized carbons (Fsp3) is 0.143. The molecule has 0 radical (unpaired) electrons. The molecule has 5 heteroatoms. The van der Waals surface area contributed by atoms with E-state index in [1.54, 1.807) is 22.6 Å². The Hall–Kier alpha value is -0.230. The highest BCUT2D eigenvalue weighted by molar-refractivity contribution is 14.1. The van der Waals surface area contributed by atoms with Gasteiger partial charge in [0.2, 0.25) is 0 Å². The number of hydrogen-bond acceptors (Lipinski definition) is 2. The second kappa shape index (κ2) is 6.30. The van der Waals surface area contributed by atoms with Gasteiger partial charge < -0.3 is 0 Å². The molecule has 0 rings (SSSR count). The van der Waals surface area contributed by atoms with E-state index in [0.29, 0.717) is 0 Å². The molecule has 2 nitrogen and oxygen atoms in total. The molecule has 0 aliphatic heterocycles. The number of nitrogens with zero attached hydrogens (tertiary/aromatic N) is 2. The van der Waals surface area contributed by atoms with Crippen molar-refractivity contribution in [3.05, 3.63) is 21.3 Å². The zero-order valence-electron chi connectivity index (χ0n) is 6.39. The van der Waals surface area contributed by atoms with E-state index in [1.807, 2.05) is 0 Å². The lowest BCUT2D eigenvalue weighted by atomic mass is 10.4. The molecule has 0 amide bonds. The summed E-state index contributed by atoms with van der Waals surface area (Å²) in [5.41, 5.74) is 0.256. The van der Waals surface area contributed by atoms with Gasteiger partial charge in [-0.15, -0.1) is 0 Å². The standard InChI is InChI=1S/C7H7ClFIN2/c1-5(6(9)3-10)12-4-7(8)11-2/h3-4H,2H2,1H3/b6-3-,7-4-,12-5+. The summed E-state index contributed by atoms with van der Waals surface area (Å²) >= 11 is 7.23. The first-order valence-electron chi connectivity index (χ1n) is 2.95. The molecule has 12 heavy (non-hydrogen) atoms. The molecule has 0 aliphatic rings. The van der Waals surface area contributed by atoms with E-state index in [0.717, 1.165) is 0 Å². The summed E-state index contributed by atoms with van der Waals surface area (Å²) < 4.78 is 14.0. The summed E-state index contributed by atoms with van der Waals surface area (Å²) in [4.78, 5) is 7.08. The quantitative estimate of drug-likeness (QED) is 0.433. The maximum Gasteiger partial charge on any atom is 0.150 e. The Balaban J connectivity index is 4.48. The van der Waals surface area contributed by atoms with Crippen LogP contribution in [0, 0.1) is 0 Å². The normalized spacial score (nSPS) is 14.8. The number of rotatable bonds is 3. The average molecular weight is 301 g/mol. The van der Waals surface area contributed by atoms with Crippen LogP contribution in [0.25, 0.3) is 0 Å². The monoisotopic (exact) mass is 300 g/mol. The van der Waals surface area contributed by atoms with Crippen molar-refractivity contribution >= 4 is 46.6 Å². The van der Waals surface area contributed by atoms with Crippen molar-refractivity contribution in [2.24, 2.45) is 9.98 Å². The minimum absolute atomic E-state index is 0.135. The highest BCUT2D eigenvalue weighted by atomic mass is 127. The molecule has 0 bridgehead atoms. The molecular weight excluding hydrogens is 293 g/mol. The van der Waals surface area contributed by atoms with Crippen LogP contribution in [0.4, 0.5) is 4.39 Å². The Bertz CT molecular complexity index is 258. The molecule has 0 saturated carbocycles. The molecule has 0 aromatic heterocycles. The summed E-state index contributed by atoms with van der Waals surface area (Å²) in [6.45, 7) is 4.71. The summed E-state index contributed by atoms with van der Waals surface area (Å²) in [6.07, 6.45) is 1.24. The predicted octanol–water partition coefficient (Wildman–Crippen LogP) is 3.43. The van der Waals surface area contributed by atoms with Gasteiger partial charge in [-0.1, -0.05) is 11.6 Å². The van der Waals surface area contributed by atoms with Gasteiger partial charge in [0.05, 0.1) is 11.9 Å². The third kappa shape index (κ3) is 4.61. The van der Waals surface area contributed by atoms with Crippen molar-refractivity contribution in [1.29, 1.82) is 0 Å². The van der Waals surface area contributed by atoms with E-state index in [9.17, 15) is 4.39 Å². The van der Waals surface area contributed by atoms with Crippen LogP contribution in [-0.4, -0.2) is 12.4 Å². The first-order chi connectivity index (χ1) is 5.61. The lowest BCUT2D eigenvalue weighted by Crippen LogP contribution is -1.88. The van der Waals surface area contributed by atoms with E-state index in [4.69, 9.17) is 11.6 Å². The second-order valence-corrected chi connectivity index (χ2v) is 2.79. The average Bonchev–Trinajstić information content (AvgIpc) is 2.11. The molecule has 0 unspecified atom stereocenters. The molecule has 0 spiro atoms. The van der Waals surface area contributed by atoms with Crippen LogP contribution in [-0.2, 0) is 0 Å². The molecule has 0 N–H and O–H groups in total. The topological polar surface area (TPSA) is 24.7 Å². The minimum atomic E-state index is -0.389. The Morgan fingerprint density at radius 1 is 1.67 bits per heavy atom. The van der Waals surface area contributed by atoms with E-state index >= 15 is 0 Å². The molecule has 0 fully saturated rings.